The largest absolute Gasteiger partial charge is 0.399 e. The summed E-state index contributed by atoms with van der Waals surface area (Å²) in [5.74, 6) is 0. The van der Waals surface area contributed by atoms with Crippen molar-refractivity contribution < 1.29 is 9.94 Å². The van der Waals surface area contributed by atoms with Gasteiger partial charge in [-0.1, -0.05) is 18.5 Å². The third-order valence-corrected chi connectivity index (χ3v) is 1.74. The van der Waals surface area contributed by atoms with E-state index in [0.717, 1.165) is 6.42 Å². The van der Waals surface area contributed by atoms with Crippen LogP contribution in [0.25, 0.3) is 0 Å². The molecule has 0 fully saturated rings. The van der Waals surface area contributed by atoms with Crippen molar-refractivity contribution in [1.82, 2.24) is 0 Å². The van der Waals surface area contributed by atoms with Crippen LogP contribution in [0.3, 0.4) is 0 Å². The molecule has 0 aliphatic rings. The fraction of sp³-hybridized carbons (Fsp3) is 0.875. The van der Waals surface area contributed by atoms with Crippen LogP contribution in [0.2, 0.25) is 0 Å². The maximum Gasteiger partial charge on any atom is 0.106 e. The summed E-state index contributed by atoms with van der Waals surface area (Å²) in [7, 11) is 1.48. The maximum absolute atomic E-state index is 9.70. The molecule has 0 aromatic heterocycles. The molecular weight excluding hydrogens is 142 g/mol. The van der Waals surface area contributed by atoms with E-state index < -0.39 is 5.60 Å². The zero-order valence-electron chi connectivity index (χ0n) is 7.72. The van der Waals surface area contributed by atoms with Crippen molar-refractivity contribution >= 4 is 5.71 Å². The van der Waals surface area contributed by atoms with Crippen molar-refractivity contribution in [3.8, 4) is 0 Å². The summed E-state index contributed by atoms with van der Waals surface area (Å²) in [6.45, 7) is 5.53. The second kappa shape index (κ2) is 4.34. The van der Waals surface area contributed by atoms with Crippen LogP contribution in [0.1, 0.15) is 33.6 Å². The van der Waals surface area contributed by atoms with Gasteiger partial charge in [0.25, 0.3) is 0 Å². The van der Waals surface area contributed by atoms with E-state index in [4.69, 9.17) is 0 Å². The van der Waals surface area contributed by atoms with Gasteiger partial charge in [0.05, 0.1) is 5.71 Å². The van der Waals surface area contributed by atoms with Gasteiger partial charge in [0.2, 0.25) is 0 Å². The summed E-state index contributed by atoms with van der Waals surface area (Å²) < 4.78 is 0. The minimum absolute atomic E-state index is 0.627. The van der Waals surface area contributed by atoms with Crippen molar-refractivity contribution in [3.63, 3.8) is 0 Å². The van der Waals surface area contributed by atoms with Gasteiger partial charge in [-0.2, -0.15) is 0 Å². The summed E-state index contributed by atoms with van der Waals surface area (Å²) in [4.78, 5) is 4.56. The van der Waals surface area contributed by atoms with Crippen LogP contribution >= 0.6 is 0 Å². The van der Waals surface area contributed by atoms with E-state index in [9.17, 15) is 5.11 Å². The molecular formula is C8H17NO2. The molecule has 0 saturated heterocycles. The Morgan fingerprint density at radius 1 is 1.64 bits per heavy atom. The van der Waals surface area contributed by atoms with Crippen molar-refractivity contribution in [2.45, 2.75) is 39.2 Å². The molecule has 0 spiro atoms. The minimum Gasteiger partial charge on any atom is -0.399 e. The first kappa shape index (κ1) is 10.4. The fourth-order valence-electron chi connectivity index (χ4n) is 0.903. The molecule has 0 rings (SSSR count). The van der Waals surface area contributed by atoms with Gasteiger partial charge < -0.3 is 9.94 Å². The predicted octanol–water partition coefficient (Wildman–Crippen LogP) is 1.56. The number of hydrogen-bond donors (Lipinski definition) is 1. The Hall–Kier alpha value is -0.570. The second-order valence-corrected chi connectivity index (χ2v) is 2.88. The maximum atomic E-state index is 9.70. The fourth-order valence-corrected chi connectivity index (χ4v) is 0.903. The summed E-state index contributed by atoms with van der Waals surface area (Å²) >= 11 is 0. The molecule has 0 aliphatic carbocycles. The van der Waals surface area contributed by atoms with Crippen molar-refractivity contribution in [3.05, 3.63) is 0 Å². The summed E-state index contributed by atoms with van der Waals surface area (Å²) in [6, 6.07) is 0. The van der Waals surface area contributed by atoms with Crippen LogP contribution in [-0.4, -0.2) is 23.5 Å². The van der Waals surface area contributed by atoms with Crippen LogP contribution in [-0.2, 0) is 4.84 Å². The lowest BCUT2D eigenvalue weighted by molar-refractivity contribution is 0.112. The Morgan fingerprint density at radius 3 is 2.55 bits per heavy atom. The molecule has 66 valence electrons. The van der Waals surface area contributed by atoms with E-state index in [1.807, 2.05) is 6.92 Å². The summed E-state index contributed by atoms with van der Waals surface area (Å²) in [5, 5.41) is 13.4. The second-order valence-electron chi connectivity index (χ2n) is 2.88. The highest BCUT2D eigenvalue weighted by molar-refractivity contribution is 5.89. The van der Waals surface area contributed by atoms with E-state index in [1.54, 1.807) is 13.8 Å². The molecule has 0 saturated carbocycles. The van der Waals surface area contributed by atoms with E-state index in [1.165, 1.54) is 7.11 Å². The van der Waals surface area contributed by atoms with E-state index in [2.05, 4.69) is 9.99 Å². The Kier molecular flexibility index (Phi) is 4.11. The van der Waals surface area contributed by atoms with Gasteiger partial charge in [-0.3, -0.25) is 0 Å². The molecule has 1 N–H and O–H groups in total. The molecule has 1 atom stereocenters. The molecule has 0 aromatic rings. The summed E-state index contributed by atoms with van der Waals surface area (Å²) in [5.41, 5.74) is -0.188. The minimum atomic E-state index is -0.815. The third kappa shape index (κ3) is 3.37. The molecule has 0 aliphatic heterocycles. The van der Waals surface area contributed by atoms with Gasteiger partial charge in [0.1, 0.15) is 12.7 Å². The highest BCUT2D eigenvalue weighted by Crippen LogP contribution is 2.13. The molecule has 1 unspecified atom stereocenters. The standard InChI is InChI=1S/C8H17NO2/c1-5-6-8(3,10)7(2)9-11-4/h10H,5-6H2,1-4H3/b9-7+. The molecule has 0 bridgehead atoms. The van der Waals surface area contributed by atoms with Gasteiger partial charge in [-0.15, -0.1) is 0 Å². The topological polar surface area (TPSA) is 41.8 Å². The zero-order valence-corrected chi connectivity index (χ0v) is 7.72. The monoisotopic (exact) mass is 159 g/mol. The quantitative estimate of drug-likeness (QED) is 0.499. The van der Waals surface area contributed by atoms with Gasteiger partial charge in [0, 0.05) is 0 Å². The lowest BCUT2D eigenvalue weighted by atomic mass is 9.96. The average molecular weight is 159 g/mol. The Labute approximate surface area is 68.1 Å². The SMILES string of the molecule is CCCC(C)(O)/C(C)=N/OC. The van der Waals surface area contributed by atoms with E-state index in [-0.39, 0.29) is 0 Å². The summed E-state index contributed by atoms with van der Waals surface area (Å²) in [6.07, 6.45) is 1.65. The van der Waals surface area contributed by atoms with Crippen LogP contribution in [0, 0.1) is 0 Å². The van der Waals surface area contributed by atoms with Crippen molar-refractivity contribution in [2.24, 2.45) is 5.16 Å². The van der Waals surface area contributed by atoms with Crippen LogP contribution in [0.15, 0.2) is 5.16 Å². The van der Waals surface area contributed by atoms with E-state index >= 15 is 0 Å². The highest BCUT2D eigenvalue weighted by Gasteiger charge is 2.23. The first-order chi connectivity index (χ1) is 5.04. The Bertz CT molecular complexity index is 141. The molecule has 0 radical (unpaired) electrons. The van der Waals surface area contributed by atoms with Gasteiger partial charge in [-0.05, 0) is 20.3 Å². The van der Waals surface area contributed by atoms with Gasteiger partial charge >= 0.3 is 0 Å². The molecule has 0 heterocycles. The molecule has 0 aromatic carbocycles. The number of oxime groups is 1. The molecule has 11 heavy (non-hydrogen) atoms. The normalized spacial score (nSPS) is 17.7. The predicted molar refractivity (Wildman–Crippen MR) is 45.6 cm³/mol. The smallest absolute Gasteiger partial charge is 0.106 e. The first-order valence-corrected chi connectivity index (χ1v) is 3.85. The van der Waals surface area contributed by atoms with Crippen LogP contribution < -0.4 is 0 Å². The lowest BCUT2D eigenvalue weighted by Crippen LogP contribution is -2.32. The number of aliphatic hydroxyl groups is 1. The molecule has 0 amide bonds. The van der Waals surface area contributed by atoms with Gasteiger partial charge in [0.15, 0.2) is 0 Å². The average Bonchev–Trinajstić information content (AvgIpc) is 1.88. The molecule has 3 nitrogen and oxygen atoms in total. The first-order valence-electron chi connectivity index (χ1n) is 3.85. The molecule has 3 heteroatoms. The van der Waals surface area contributed by atoms with Crippen LogP contribution in [0.5, 0.6) is 0 Å². The third-order valence-electron chi connectivity index (χ3n) is 1.74. The highest BCUT2D eigenvalue weighted by atomic mass is 16.6. The van der Waals surface area contributed by atoms with Crippen molar-refractivity contribution in [2.75, 3.05) is 7.11 Å². The van der Waals surface area contributed by atoms with Crippen molar-refractivity contribution in [1.29, 1.82) is 0 Å². The Balaban J connectivity index is 4.16. The van der Waals surface area contributed by atoms with Gasteiger partial charge in [-0.25, -0.2) is 0 Å². The number of nitrogens with zero attached hydrogens (tertiary/aromatic N) is 1. The Morgan fingerprint density at radius 2 is 2.18 bits per heavy atom. The zero-order chi connectivity index (χ0) is 8.91. The lowest BCUT2D eigenvalue weighted by Gasteiger charge is -2.21. The van der Waals surface area contributed by atoms with E-state index in [0.29, 0.717) is 12.1 Å². The van der Waals surface area contributed by atoms with Crippen LogP contribution in [0.4, 0.5) is 0 Å². The number of hydrogen-bond acceptors (Lipinski definition) is 3. The number of rotatable bonds is 4.